The third-order valence-electron chi connectivity index (χ3n) is 1.61. The summed E-state index contributed by atoms with van der Waals surface area (Å²) >= 11 is 0. The van der Waals surface area contributed by atoms with Gasteiger partial charge in [0.25, 0.3) is 0 Å². The first-order chi connectivity index (χ1) is 5.42. The first kappa shape index (κ1) is 6.09. The Morgan fingerprint density at radius 3 is 3.27 bits per heavy atom. The summed E-state index contributed by atoms with van der Waals surface area (Å²) in [6.45, 7) is 0. The van der Waals surface area contributed by atoms with Crippen LogP contribution < -0.4 is 0 Å². The largest absolute Gasteiger partial charge is 1.00 e. The highest BCUT2D eigenvalue weighted by atomic mass is 16.1. The zero-order chi connectivity index (χ0) is 7.68. The van der Waals surface area contributed by atoms with Crippen LogP contribution in [0.15, 0.2) is 24.5 Å². The van der Waals surface area contributed by atoms with Gasteiger partial charge in [-0.15, -0.1) is 0 Å². The monoisotopic (exact) mass is 147 g/mol. The molecule has 0 unspecified atom stereocenters. The summed E-state index contributed by atoms with van der Waals surface area (Å²) in [5.41, 5.74) is 2.26. The van der Waals surface area contributed by atoms with E-state index < -0.39 is 0 Å². The van der Waals surface area contributed by atoms with Crippen molar-refractivity contribution in [1.29, 1.82) is 0 Å². The van der Waals surface area contributed by atoms with Crippen LogP contribution in [0.5, 0.6) is 0 Å². The molecule has 0 spiro atoms. The molecule has 0 atom stereocenters. The number of nitrogens with one attached hydrogen (secondary N) is 1. The average Bonchev–Trinajstić information content (AvgIpc) is 2.50. The molecule has 1 aromatic carbocycles. The Hall–Kier alpha value is -1.64. The van der Waals surface area contributed by atoms with Gasteiger partial charge in [-0.2, -0.15) is 0 Å². The van der Waals surface area contributed by atoms with Crippen molar-refractivity contribution >= 4 is 17.3 Å². The minimum absolute atomic E-state index is 0. The molecule has 0 aliphatic rings. The molecule has 0 saturated carbocycles. The number of hydrogen-bond donors (Lipinski definition) is 1. The number of hydrogen-bond acceptors (Lipinski definition) is 2. The maximum absolute atomic E-state index is 10.5. The smallest absolute Gasteiger partial charge is 0.345 e. The van der Waals surface area contributed by atoms with Crippen LogP contribution in [0.4, 0.5) is 0 Å². The van der Waals surface area contributed by atoms with E-state index in [2.05, 4.69) is 9.97 Å². The van der Waals surface area contributed by atoms with Gasteiger partial charge in [-0.1, -0.05) is 6.07 Å². The van der Waals surface area contributed by atoms with Crippen molar-refractivity contribution in [2.75, 3.05) is 0 Å². The number of rotatable bonds is 1. The standard InChI is InChI=1S/C8H6N2O/c11-4-6-2-1-3-7-8(6)10-5-9-7/h1-5H,(H,9,10)/p+1. The molecule has 0 radical (unpaired) electrons. The molecular weight excluding hydrogens is 140 g/mol. The van der Waals surface area contributed by atoms with E-state index >= 15 is 0 Å². The molecule has 1 N–H and O–H groups in total. The van der Waals surface area contributed by atoms with Gasteiger partial charge in [0.2, 0.25) is 0 Å². The molecule has 0 amide bonds. The van der Waals surface area contributed by atoms with Gasteiger partial charge in [0.15, 0.2) is 6.29 Å². The molecule has 2 rings (SSSR count). The van der Waals surface area contributed by atoms with E-state index in [-0.39, 0.29) is 1.43 Å². The van der Waals surface area contributed by atoms with Crippen LogP contribution in [-0.4, -0.2) is 16.3 Å². The van der Waals surface area contributed by atoms with Crippen molar-refractivity contribution in [2.45, 2.75) is 0 Å². The lowest BCUT2D eigenvalue weighted by molar-refractivity contribution is 0.112. The molecular formula is C8H7N2O+. The second kappa shape index (κ2) is 2.20. The fraction of sp³-hybridized carbons (Fsp3) is 0. The van der Waals surface area contributed by atoms with E-state index in [0.29, 0.717) is 5.56 Å². The van der Waals surface area contributed by atoms with Crippen LogP contribution in [0, 0.1) is 0 Å². The summed E-state index contributed by atoms with van der Waals surface area (Å²) in [6, 6.07) is 5.45. The molecule has 0 bridgehead atoms. The van der Waals surface area contributed by atoms with Gasteiger partial charge < -0.3 is 4.98 Å². The Balaban J connectivity index is 0.000000720. The van der Waals surface area contributed by atoms with E-state index in [1.54, 1.807) is 12.4 Å². The number of aromatic amines is 1. The van der Waals surface area contributed by atoms with Gasteiger partial charge in [-0.25, -0.2) is 4.98 Å². The first-order valence-electron chi connectivity index (χ1n) is 3.29. The second-order valence-corrected chi connectivity index (χ2v) is 2.26. The minimum atomic E-state index is 0. The zero-order valence-corrected chi connectivity index (χ0v) is 5.74. The number of benzene rings is 1. The number of aldehydes is 1. The molecule has 0 aliphatic carbocycles. The number of imidazole rings is 1. The SMILES string of the molecule is O=Cc1cccc2[nH]cnc12.[H+]. The minimum Gasteiger partial charge on any atom is -0.345 e. The molecule has 54 valence electrons. The Bertz CT molecular complexity index is 397. The fourth-order valence-corrected chi connectivity index (χ4v) is 1.08. The highest BCUT2D eigenvalue weighted by Gasteiger charge is 1.99. The molecule has 0 fully saturated rings. The topological polar surface area (TPSA) is 45.8 Å². The number of para-hydroxylation sites is 1. The molecule has 0 saturated heterocycles. The summed E-state index contributed by atoms with van der Waals surface area (Å²) in [4.78, 5) is 17.4. The summed E-state index contributed by atoms with van der Waals surface area (Å²) in [6.07, 6.45) is 2.39. The number of aromatic nitrogens is 2. The van der Waals surface area contributed by atoms with Gasteiger partial charge in [0.05, 0.1) is 17.4 Å². The summed E-state index contributed by atoms with van der Waals surface area (Å²) in [7, 11) is 0. The Kier molecular flexibility index (Phi) is 1.22. The van der Waals surface area contributed by atoms with Crippen molar-refractivity contribution in [3.8, 4) is 0 Å². The molecule has 1 heterocycles. The lowest BCUT2D eigenvalue weighted by Crippen LogP contribution is -1.80. The molecule has 3 nitrogen and oxygen atoms in total. The van der Waals surface area contributed by atoms with E-state index in [1.165, 1.54) is 0 Å². The van der Waals surface area contributed by atoms with Gasteiger partial charge in [0, 0.05) is 5.56 Å². The van der Waals surface area contributed by atoms with Crippen molar-refractivity contribution in [1.82, 2.24) is 9.97 Å². The summed E-state index contributed by atoms with van der Waals surface area (Å²) in [5, 5.41) is 0. The van der Waals surface area contributed by atoms with E-state index in [4.69, 9.17) is 0 Å². The highest BCUT2D eigenvalue weighted by molar-refractivity contribution is 5.93. The lowest BCUT2D eigenvalue weighted by atomic mass is 10.2. The molecule has 11 heavy (non-hydrogen) atoms. The summed E-state index contributed by atoms with van der Waals surface area (Å²) in [5.74, 6) is 0. The van der Waals surface area contributed by atoms with Crippen LogP contribution >= 0.6 is 0 Å². The van der Waals surface area contributed by atoms with E-state index in [0.717, 1.165) is 17.3 Å². The predicted molar refractivity (Wildman–Crippen MR) is 42.6 cm³/mol. The third kappa shape index (κ3) is 0.816. The van der Waals surface area contributed by atoms with Crippen LogP contribution in [-0.2, 0) is 0 Å². The number of carbonyl (C=O) groups excluding carboxylic acids is 1. The van der Waals surface area contributed by atoms with Crippen LogP contribution in [0.1, 0.15) is 11.8 Å². The van der Waals surface area contributed by atoms with Crippen molar-refractivity contribution < 1.29 is 6.22 Å². The predicted octanol–water partition coefficient (Wildman–Crippen LogP) is 1.49. The molecule has 1 aromatic heterocycles. The summed E-state index contributed by atoms with van der Waals surface area (Å²) < 4.78 is 0. The molecule has 0 aliphatic heterocycles. The number of carbonyl (C=O) groups is 1. The maximum Gasteiger partial charge on any atom is 1.00 e. The average molecular weight is 147 g/mol. The van der Waals surface area contributed by atoms with E-state index in [9.17, 15) is 4.79 Å². The van der Waals surface area contributed by atoms with Crippen molar-refractivity contribution in [3.63, 3.8) is 0 Å². The van der Waals surface area contributed by atoms with Crippen LogP contribution in [0.25, 0.3) is 11.0 Å². The Morgan fingerprint density at radius 1 is 1.55 bits per heavy atom. The van der Waals surface area contributed by atoms with Crippen LogP contribution in [0.2, 0.25) is 0 Å². The Labute approximate surface area is 64.6 Å². The number of fused-ring (bicyclic) bond motifs is 1. The van der Waals surface area contributed by atoms with Gasteiger partial charge in [0.1, 0.15) is 0 Å². The van der Waals surface area contributed by atoms with Gasteiger partial charge in [-0.3, -0.25) is 4.79 Å². The van der Waals surface area contributed by atoms with Gasteiger partial charge >= 0.3 is 1.43 Å². The zero-order valence-electron chi connectivity index (χ0n) is 6.74. The quantitative estimate of drug-likeness (QED) is 0.621. The normalized spacial score (nSPS) is 10.2. The Morgan fingerprint density at radius 2 is 2.45 bits per heavy atom. The molecule has 2 aromatic rings. The van der Waals surface area contributed by atoms with E-state index in [1.807, 2.05) is 12.1 Å². The first-order valence-corrected chi connectivity index (χ1v) is 3.29. The lowest BCUT2D eigenvalue weighted by Gasteiger charge is -1.89. The highest BCUT2D eigenvalue weighted by Crippen LogP contribution is 2.11. The molecule has 3 heteroatoms. The van der Waals surface area contributed by atoms with Gasteiger partial charge in [-0.05, 0) is 12.1 Å². The van der Waals surface area contributed by atoms with Crippen LogP contribution in [0.3, 0.4) is 0 Å². The van der Waals surface area contributed by atoms with Crippen molar-refractivity contribution in [2.24, 2.45) is 0 Å². The maximum atomic E-state index is 10.5. The van der Waals surface area contributed by atoms with Crippen molar-refractivity contribution in [3.05, 3.63) is 30.1 Å². The number of H-pyrrole nitrogens is 1. The second-order valence-electron chi connectivity index (χ2n) is 2.26. The number of nitrogens with zero attached hydrogens (tertiary/aromatic N) is 1. The third-order valence-corrected chi connectivity index (χ3v) is 1.61. The fourth-order valence-electron chi connectivity index (χ4n) is 1.08.